The van der Waals surface area contributed by atoms with Crippen LogP contribution in [0.4, 0.5) is 4.39 Å². The molecule has 150 valence electrons. The number of fused-ring (bicyclic) bond motifs is 1. The lowest BCUT2D eigenvalue weighted by Gasteiger charge is -2.26. The second kappa shape index (κ2) is 8.35. The van der Waals surface area contributed by atoms with E-state index in [0.29, 0.717) is 17.6 Å². The van der Waals surface area contributed by atoms with E-state index in [1.807, 2.05) is 0 Å². The summed E-state index contributed by atoms with van der Waals surface area (Å²) in [5.74, 6) is -1.05. The van der Waals surface area contributed by atoms with Gasteiger partial charge in [0.2, 0.25) is 0 Å². The standard InChI is InChI=1S/C22H19ClFNO4/c23-18-7-3-8-19(24)17(18)13-25(12-15-6-4-10-28-15)21(26)16-11-14-5-1-2-9-20(14)29-22(16)27/h1-3,5,7-9,11,15H,4,6,10,12-13H2/t15-/m0/s1. The Morgan fingerprint density at radius 3 is 2.79 bits per heavy atom. The molecule has 0 aliphatic carbocycles. The molecule has 0 bridgehead atoms. The number of halogens is 2. The number of para-hydroxylation sites is 1. The van der Waals surface area contributed by atoms with Gasteiger partial charge in [0, 0.05) is 29.1 Å². The van der Waals surface area contributed by atoms with Crippen LogP contribution in [0, 0.1) is 5.82 Å². The van der Waals surface area contributed by atoms with E-state index in [0.717, 1.165) is 12.8 Å². The van der Waals surface area contributed by atoms with Gasteiger partial charge in [0.1, 0.15) is 17.0 Å². The molecule has 0 saturated carbocycles. The monoisotopic (exact) mass is 415 g/mol. The molecule has 1 atom stereocenters. The Hall–Kier alpha value is -2.70. The Morgan fingerprint density at radius 2 is 2.03 bits per heavy atom. The average Bonchev–Trinajstić information content (AvgIpc) is 3.22. The number of hydrogen-bond donors (Lipinski definition) is 0. The minimum Gasteiger partial charge on any atom is -0.422 e. The molecular weight excluding hydrogens is 397 g/mol. The zero-order valence-corrected chi connectivity index (χ0v) is 16.3. The van der Waals surface area contributed by atoms with Crippen LogP contribution in [0.2, 0.25) is 5.02 Å². The molecule has 1 saturated heterocycles. The van der Waals surface area contributed by atoms with Gasteiger partial charge in [0.25, 0.3) is 5.91 Å². The van der Waals surface area contributed by atoms with E-state index >= 15 is 0 Å². The molecule has 0 radical (unpaired) electrons. The van der Waals surface area contributed by atoms with E-state index in [2.05, 4.69) is 0 Å². The van der Waals surface area contributed by atoms with Crippen molar-refractivity contribution in [2.24, 2.45) is 0 Å². The highest BCUT2D eigenvalue weighted by Gasteiger charge is 2.27. The molecule has 7 heteroatoms. The predicted molar refractivity (Wildman–Crippen MR) is 108 cm³/mol. The van der Waals surface area contributed by atoms with E-state index in [1.54, 1.807) is 30.3 Å². The van der Waals surface area contributed by atoms with Gasteiger partial charge in [-0.05, 0) is 37.1 Å². The minimum absolute atomic E-state index is 0.0729. The number of ether oxygens (including phenoxy) is 1. The molecule has 4 rings (SSSR count). The quantitative estimate of drug-likeness (QED) is 0.579. The Morgan fingerprint density at radius 1 is 1.21 bits per heavy atom. The van der Waals surface area contributed by atoms with Crippen molar-refractivity contribution in [3.8, 4) is 0 Å². The average molecular weight is 416 g/mol. The highest BCUT2D eigenvalue weighted by atomic mass is 35.5. The van der Waals surface area contributed by atoms with Gasteiger partial charge in [-0.2, -0.15) is 0 Å². The first-order valence-corrected chi connectivity index (χ1v) is 9.77. The Kier molecular flexibility index (Phi) is 5.65. The second-order valence-electron chi connectivity index (χ2n) is 7.01. The van der Waals surface area contributed by atoms with Gasteiger partial charge in [0.15, 0.2) is 0 Å². The summed E-state index contributed by atoms with van der Waals surface area (Å²) >= 11 is 6.16. The molecule has 2 aromatic carbocycles. The molecule has 1 aliphatic heterocycles. The Bertz CT molecular complexity index is 1090. The smallest absolute Gasteiger partial charge is 0.349 e. The Labute approximate surface area is 171 Å². The summed E-state index contributed by atoms with van der Waals surface area (Å²) in [5.41, 5.74) is -0.234. The number of hydrogen-bond acceptors (Lipinski definition) is 4. The fraction of sp³-hybridized carbons (Fsp3) is 0.273. The van der Waals surface area contributed by atoms with Crippen molar-refractivity contribution in [3.05, 3.63) is 80.9 Å². The number of amides is 1. The predicted octanol–water partition coefficient (Wildman–Crippen LogP) is 4.41. The third kappa shape index (κ3) is 4.18. The lowest BCUT2D eigenvalue weighted by atomic mass is 10.1. The van der Waals surface area contributed by atoms with Crippen molar-refractivity contribution >= 4 is 28.5 Å². The van der Waals surface area contributed by atoms with Crippen molar-refractivity contribution in [2.75, 3.05) is 13.2 Å². The number of rotatable bonds is 5. The normalized spacial score (nSPS) is 16.3. The molecule has 1 aliphatic rings. The first-order chi connectivity index (χ1) is 14.0. The van der Waals surface area contributed by atoms with Gasteiger partial charge in [-0.25, -0.2) is 9.18 Å². The van der Waals surface area contributed by atoms with E-state index < -0.39 is 17.3 Å². The van der Waals surface area contributed by atoms with Gasteiger partial charge in [-0.1, -0.05) is 35.9 Å². The number of carbonyl (C=O) groups excluding carboxylic acids is 1. The largest absolute Gasteiger partial charge is 0.422 e. The van der Waals surface area contributed by atoms with Crippen LogP contribution in [0.5, 0.6) is 0 Å². The van der Waals surface area contributed by atoms with Crippen LogP contribution in [0.3, 0.4) is 0 Å². The third-order valence-corrected chi connectivity index (χ3v) is 5.37. The topological polar surface area (TPSA) is 59.8 Å². The van der Waals surface area contributed by atoms with Gasteiger partial charge in [-0.3, -0.25) is 4.79 Å². The second-order valence-corrected chi connectivity index (χ2v) is 7.41. The van der Waals surface area contributed by atoms with Crippen LogP contribution in [0.15, 0.2) is 57.7 Å². The summed E-state index contributed by atoms with van der Waals surface area (Å²) in [5, 5.41) is 0.858. The van der Waals surface area contributed by atoms with Crippen LogP contribution in [0.25, 0.3) is 11.0 Å². The maximum Gasteiger partial charge on any atom is 0.349 e. The molecular formula is C22H19ClFNO4. The van der Waals surface area contributed by atoms with E-state index in [-0.39, 0.29) is 35.3 Å². The SMILES string of the molecule is O=C(c1cc2ccccc2oc1=O)N(Cc1c(F)cccc1Cl)C[C@@H]1CCCO1. The van der Waals surface area contributed by atoms with E-state index in [9.17, 15) is 14.0 Å². The molecule has 1 fully saturated rings. The maximum atomic E-state index is 14.3. The third-order valence-electron chi connectivity index (χ3n) is 5.02. The first-order valence-electron chi connectivity index (χ1n) is 9.39. The van der Waals surface area contributed by atoms with Gasteiger partial charge >= 0.3 is 5.63 Å². The van der Waals surface area contributed by atoms with Crippen molar-refractivity contribution in [3.63, 3.8) is 0 Å². The van der Waals surface area contributed by atoms with Gasteiger partial charge in [0.05, 0.1) is 12.6 Å². The number of carbonyl (C=O) groups is 1. The number of benzene rings is 2. The fourth-order valence-electron chi connectivity index (χ4n) is 3.51. The zero-order valence-electron chi connectivity index (χ0n) is 15.6. The Balaban J connectivity index is 1.71. The highest BCUT2D eigenvalue weighted by molar-refractivity contribution is 6.31. The molecule has 5 nitrogen and oxygen atoms in total. The van der Waals surface area contributed by atoms with Crippen molar-refractivity contribution in [2.45, 2.75) is 25.5 Å². The zero-order chi connectivity index (χ0) is 20.4. The maximum absolute atomic E-state index is 14.3. The van der Waals surface area contributed by atoms with Crippen LogP contribution >= 0.6 is 11.6 Å². The minimum atomic E-state index is -0.731. The van der Waals surface area contributed by atoms with Crippen molar-refractivity contribution in [1.82, 2.24) is 4.90 Å². The molecule has 29 heavy (non-hydrogen) atoms. The van der Waals surface area contributed by atoms with E-state index in [4.69, 9.17) is 20.8 Å². The molecule has 0 unspecified atom stereocenters. The lowest BCUT2D eigenvalue weighted by Crippen LogP contribution is -2.39. The van der Waals surface area contributed by atoms with Crippen LogP contribution in [0.1, 0.15) is 28.8 Å². The summed E-state index contributed by atoms with van der Waals surface area (Å²) in [4.78, 5) is 27.1. The molecule has 0 N–H and O–H groups in total. The van der Waals surface area contributed by atoms with Crippen LogP contribution in [-0.4, -0.2) is 30.1 Å². The summed E-state index contributed by atoms with van der Waals surface area (Å²) < 4.78 is 25.3. The molecule has 1 aromatic heterocycles. The summed E-state index contributed by atoms with van der Waals surface area (Å²) in [6.07, 6.45) is 1.52. The molecule has 0 spiro atoms. The molecule has 1 amide bonds. The van der Waals surface area contributed by atoms with Gasteiger partial charge in [-0.15, -0.1) is 0 Å². The van der Waals surface area contributed by atoms with E-state index in [1.165, 1.54) is 23.1 Å². The first kappa shape index (κ1) is 19.6. The van der Waals surface area contributed by atoms with Crippen LogP contribution < -0.4 is 5.63 Å². The number of nitrogens with zero attached hydrogens (tertiary/aromatic N) is 1. The lowest BCUT2D eigenvalue weighted by molar-refractivity contribution is 0.0502. The molecule has 2 heterocycles. The molecule has 3 aromatic rings. The van der Waals surface area contributed by atoms with Crippen LogP contribution in [-0.2, 0) is 11.3 Å². The van der Waals surface area contributed by atoms with Crippen molar-refractivity contribution < 1.29 is 18.3 Å². The summed E-state index contributed by atoms with van der Waals surface area (Å²) in [7, 11) is 0. The highest BCUT2D eigenvalue weighted by Crippen LogP contribution is 2.24. The summed E-state index contributed by atoms with van der Waals surface area (Å²) in [6.45, 7) is 0.775. The summed E-state index contributed by atoms with van der Waals surface area (Å²) in [6, 6.07) is 12.8. The fourth-order valence-corrected chi connectivity index (χ4v) is 3.73. The van der Waals surface area contributed by atoms with Crippen molar-refractivity contribution in [1.29, 1.82) is 0 Å². The van der Waals surface area contributed by atoms with Gasteiger partial charge < -0.3 is 14.1 Å².